The second-order valence-corrected chi connectivity index (χ2v) is 5.92. The van der Waals surface area contributed by atoms with Crippen molar-refractivity contribution in [1.82, 2.24) is 0 Å². The van der Waals surface area contributed by atoms with Gasteiger partial charge in [-0.1, -0.05) is 64.5 Å². The number of unbranched alkanes of at least 4 members (excludes halogenated alkanes) is 6. The van der Waals surface area contributed by atoms with E-state index in [2.05, 4.69) is 13.8 Å². The van der Waals surface area contributed by atoms with Crippen LogP contribution in [0.25, 0.3) is 0 Å². The molecule has 0 unspecified atom stereocenters. The number of carbonyl (C=O) groups is 1. The predicted octanol–water partition coefficient (Wildman–Crippen LogP) is 5.17. The van der Waals surface area contributed by atoms with Crippen molar-refractivity contribution < 1.29 is 14.3 Å². The topological polar surface area (TPSA) is 35.5 Å². The molecule has 0 aliphatic heterocycles. The highest BCUT2D eigenvalue weighted by Gasteiger charge is 2.06. The Balaban J connectivity index is 1.97. The summed E-state index contributed by atoms with van der Waals surface area (Å²) in [6, 6.07) is 7.57. The van der Waals surface area contributed by atoms with Gasteiger partial charge in [-0.25, -0.2) is 4.79 Å². The second kappa shape index (κ2) is 13.1. The molecule has 3 nitrogen and oxygen atoms in total. The van der Waals surface area contributed by atoms with Gasteiger partial charge in [-0.2, -0.15) is 0 Å². The lowest BCUT2D eigenvalue weighted by molar-refractivity contribution is 0.0312. The molecule has 3 heteroatoms. The van der Waals surface area contributed by atoms with E-state index in [1.807, 2.05) is 24.3 Å². The van der Waals surface area contributed by atoms with Gasteiger partial charge in [0, 0.05) is 6.61 Å². The van der Waals surface area contributed by atoms with E-state index in [9.17, 15) is 4.79 Å². The molecule has 0 heterocycles. The van der Waals surface area contributed by atoms with Crippen molar-refractivity contribution >= 4 is 5.97 Å². The highest BCUT2D eigenvalue weighted by atomic mass is 16.6. The van der Waals surface area contributed by atoms with Crippen molar-refractivity contribution in [2.24, 2.45) is 0 Å². The minimum absolute atomic E-state index is 0.271. The third-order valence-electron chi connectivity index (χ3n) is 3.95. The minimum Gasteiger partial charge on any atom is -0.460 e. The van der Waals surface area contributed by atoms with E-state index in [1.165, 1.54) is 44.1 Å². The molecular formula is C20H32O3. The minimum atomic E-state index is -0.271. The molecule has 0 fully saturated rings. The molecular weight excluding hydrogens is 288 g/mol. The fraction of sp³-hybridized carbons (Fsp3) is 0.650. The van der Waals surface area contributed by atoms with Crippen molar-refractivity contribution in [3.05, 3.63) is 35.4 Å². The molecule has 0 bridgehead atoms. The second-order valence-electron chi connectivity index (χ2n) is 5.92. The van der Waals surface area contributed by atoms with E-state index in [1.54, 1.807) is 0 Å². The molecule has 1 aromatic rings. The molecule has 0 N–H and O–H groups in total. The Bertz CT molecular complexity index is 411. The maximum Gasteiger partial charge on any atom is 0.338 e. The van der Waals surface area contributed by atoms with Crippen LogP contribution in [0, 0.1) is 0 Å². The third-order valence-corrected chi connectivity index (χ3v) is 3.95. The monoisotopic (exact) mass is 320 g/mol. The van der Waals surface area contributed by atoms with Gasteiger partial charge in [0.1, 0.15) is 6.61 Å². The highest BCUT2D eigenvalue weighted by Crippen LogP contribution is 2.08. The summed E-state index contributed by atoms with van der Waals surface area (Å²) in [6.45, 7) is 5.90. The average molecular weight is 320 g/mol. The van der Waals surface area contributed by atoms with Gasteiger partial charge in [-0.15, -0.1) is 0 Å². The first-order valence-electron chi connectivity index (χ1n) is 9.11. The SMILES string of the molecule is CCCCCCCCCOCCOC(=O)c1ccc(CC)cc1. The molecule has 0 aromatic heterocycles. The van der Waals surface area contributed by atoms with Gasteiger partial charge in [-0.3, -0.25) is 0 Å². The van der Waals surface area contributed by atoms with Gasteiger partial charge in [-0.05, 0) is 30.5 Å². The van der Waals surface area contributed by atoms with Gasteiger partial charge in [0.25, 0.3) is 0 Å². The predicted molar refractivity (Wildman–Crippen MR) is 94.9 cm³/mol. The summed E-state index contributed by atoms with van der Waals surface area (Å²) in [5.74, 6) is -0.271. The molecule has 0 amide bonds. The summed E-state index contributed by atoms with van der Waals surface area (Å²) in [7, 11) is 0. The zero-order valence-electron chi connectivity index (χ0n) is 14.8. The number of aryl methyl sites for hydroxylation is 1. The summed E-state index contributed by atoms with van der Waals surface area (Å²) in [4.78, 5) is 11.8. The lowest BCUT2D eigenvalue weighted by Gasteiger charge is -2.07. The number of rotatable bonds is 13. The first-order valence-corrected chi connectivity index (χ1v) is 9.11. The van der Waals surface area contributed by atoms with Crippen LogP contribution in [0.4, 0.5) is 0 Å². The van der Waals surface area contributed by atoms with Crippen molar-refractivity contribution in [3.8, 4) is 0 Å². The number of hydrogen-bond acceptors (Lipinski definition) is 3. The molecule has 0 atom stereocenters. The van der Waals surface area contributed by atoms with Crippen LogP contribution in [0.2, 0.25) is 0 Å². The van der Waals surface area contributed by atoms with Crippen LogP contribution in [0.15, 0.2) is 24.3 Å². The zero-order valence-corrected chi connectivity index (χ0v) is 14.8. The van der Waals surface area contributed by atoms with Gasteiger partial charge >= 0.3 is 5.97 Å². The van der Waals surface area contributed by atoms with Crippen LogP contribution in [0.5, 0.6) is 0 Å². The van der Waals surface area contributed by atoms with Crippen LogP contribution < -0.4 is 0 Å². The highest BCUT2D eigenvalue weighted by molar-refractivity contribution is 5.89. The van der Waals surface area contributed by atoms with E-state index in [0.29, 0.717) is 18.8 Å². The van der Waals surface area contributed by atoms with Crippen molar-refractivity contribution in [2.45, 2.75) is 65.2 Å². The van der Waals surface area contributed by atoms with E-state index < -0.39 is 0 Å². The Morgan fingerprint density at radius 1 is 0.826 bits per heavy atom. The first kappa shape index (κ1) is 19.7. The quantitative estimate of drug-likeness (QED) is 0.371. The molecule has 1 rings (SSSR count). The maximum atomic E-state index is 11.8. The third kappa shape index (κ3) is 9.39. The molecule has 23 heavy (non-hydrogen) atoms. The van der Waals surface area contributed by atoms with Crippen molar-refractivity contribution in [3.63, 3.8) is 0 Å². The summed E-state index contributed by atoms with van der Waals surface area (Å²) < 4.78 is 10.7. The Labute approximate surface area is 141 Å². The van der Waals surface area contributed by atoms with Crippen molar-refractivity contribution in [2.75, 3.05) is 19.8 Å². The molecule has 0 spiro atoms. The summed E-state index contributed by atoms with van der Waals surface area (Å²) in [5.41, 5.74) is 1.83. The van der Waals surface area contributed by atoms with Crippen molar-refractivity contribution in [1.29, 1.82) is 0 Å². The van der Waals surface area contributed by atoms with Gasteiger partial charge in [0.05, 0.1) is 12.2 Å². The molecule has 0 aliphatic rings. The molecule has 0 saturated heterocycles. The fourth-order valence-electron chi connectivity index (χ4n) is 2.42. The van der Waals surface area contributed by atoms with Crippen LogP contribution >= 0.6 is 0 Å². The van der Waals surface area contributed by atoms with E-state index in [0.717, 1.165) is 19.4 Å². The Morgan fingerprint density at radius 2 is 1.48 bits per heavy atom. The molecule has 1 aromatic carbocycles. The van der Waals surface area contributed by atoms with Crippen LogP contribution in [-0.2, 0) is 15.9 Å². The summed E-state index contributed by atoms with van der Waals surface area (Å²) in [6.07, 6.45) is 9.93. The average Bonchev–Trinajstić information content (AvgIpc) is 2.59. The summed E-state index contributed by atoms with van der Waals surface area (Å²) >= 11 is 0. The van der Waals surface area contributed by atoms with Crippen LogP contribution in [0.3, 0.4) is 0 Å². The number of hydrogen-bond donors (Lipinski definition) is 0. The normalized spacial score (nSPS) is 10.7. The largest absolute Gasteiger partial charge is 0.460 e. The fourth-order valence-corrected chi connectivity index (χ4v) is 2.42. The van der Waals surface area contributed by atoms with Gasteiger partial charge < -0.3 is 9.47 Å². The first-order chi connectivity index (χ1) is 11.3. The van der Waals surface area contributed by atoms with E-state index in [4.69, 9.17) is 9.47 Å². The Hall–Kier alpha value is -1.35. The molecule has 0 aliphatic carbocycles. The van der Waals surface area contributed by atoms with E-state index in [-0.39, 0.29) is 5.97 Å². The maximum absolute atomic E-state index is 11.8. The van der Waals surface area contributed by atoms with Crippen LogP contribution in [0.1, 0.15) is 74.7 Å². The Morgan fingerprint density at radius 3 is 2.13 bits per heavy atom. The molecule has 0 radical (unpaired) electrons. The lowest BCUT2D eigenvalue weighted by Crippen LogP contribution is -2.11. The Kier molecular flexibility index (Phi) is 11.2. The van der Waals surface area contributed by atoms with Crippen LogP contribution in [-0.4, -0.2) is 25.8 Å². The van der Waals surface area contributed by atoms with Gasteiger partial charge in [0.2, 0.25) is 0 Å². The number of ether oxygens (including phenoxy) is 2. The summed E-state index contributed by atoms with van der Waals surface area (Å²) in [5, 5.41) is 0. The number of carbonyl (C=O) groups excluding carboxylic acids is 1. The smallest absolute Gasteiger partial charge is 0.338 e. The number of esters is 1. The molecule has 0 saturated carbocycles. The lowest BCUT2D eigenvalue weighted by atomic mass is 10.1. The van der Waals surface area contributed by atoms with E-state index >= 15 is 0 Å². The molecule has 130 valence electrons. The standard InChI is InChI=1S/C20H32O3/c1-3-5-6-7-8-9-10-15-22-16-17-23-20(21)19-13-11-18(4-2)12-14-19/h11-14H,3-10,15-17H2,1-2H3. The van der Waals surface area contributed by atoms with Gasteiger partial charge in [0.15, 0.2) is 0 Å². The number of benzene rings is 1. The zero-order chi connectivity index (χ0) is 16.8.